The molecule has 1 fully saturated rings. The minimum absolute atomic E-state index is 0.172. The largest absolute Gasteiger partial charge is 0.495 e. The van der Waals surface area contributed by atoms with Crippen LogP contribution < -0.4 is 20.1 Å². The highest BCUT2D eigenvalue weighted by Crippen LogP contribution is 2.35. The number of ether oxygens (including phenoxy) is 2. The molecule has 1 aliphatic rings. The zero-order chi connectivity index (χ0) is 20.1. The molecule has 148 valence electrons. The van der Waals surface area contributed by atoms with Crippen LogP contribution in [0.25, 0.3) is 0 Å². The van der Waals surface area contributed by atoms with Crippen molar-refractivity contribution < 1.29 is 19.1 Å². The molecular weight excluding hydrogens is 424 g/mol. The van der Waals surface area contributed by atoms with Crippen molar-refractivity contribution in [2.24, 2.45) is 0 Å². The van der Waals surface area contributed by atoms with Crippen LogP contribution in [0.4, 0.5) is 5.69 Å². The highest BCUT2D eigenvalue weighted by molar-refractivity contribution is 9.10. The molecule has 0 saturated heterocycles. The van der Waals surface area contributed by atoms with Crippen molar-refractivity contribution >= 4 is 33.4 Å². The van der Waals surface area contributed by atoms with E-state index in [9.17, 15) is 9.59 Å². The van der Waals surface area contributed by atoms with Crippen molar-refractivity contribution in [3.05, 3.63) is 52.0 Å². The van der Waals surface area contributed by atoms with E-state index in [1.54, 1.807) is 36.4 Å². The second kappa shape index (κ2) is 9.10. The second-order valence-electron chi connectivity index (χ2n) is 6.65. The van der Waals surface area contributed by atoms with Crippen LogP contribution in [0.5, 0.6) is 11.5 Å². The Morgan fingerprint density at radius 2 is 1.61 bits per heavy atom. The van der Waals surface area contributed by atoms with Crippen LogP contribution in [0.2, 0.25) is 0 Å². The Bertz CT molecular complexity index is 853. The lowest BCUT2D eigenvalue weighted by molar-refractivity contribution is 0.0938. The van der Waals surface area contributed by atoms with E-state index in [0.29, 0.717) is 32.8 Å². The van der Waals surface area contributed by atoms with Crippen LogP contribution in [0.1, 0.15) is 46.4 Å². The van der Waals surface area contributed by atoms with Gasteiger partial charge in [-0.15, -0.1) is 0 Å². The number of methoxy groups -OCH3 is 2. The first-order valence-corrected chi connectivity index (χ1v) is 9.95. The number of carbonyl (C=O) groups is 2. The number of para-hydroxylation sites is 1. The first kappa shape index (κ1) is 20.2. The Balaban J connectivity index is 1.82. The Kier molecular flexibility index (Phi) is 6.57. The molecule has 0 atom stereocenters. The van der Waals surface area contributed by atoms with Crippen molar-refractivity contribution in [2.45, 2.75) is 31.7 Å². The van der Waals surface area contributed by atoms with Gasteiger partial charge in [0.05, 0.1) is 25.5 Å². The molecule has 0 aliphatic heterocycles. The van der Waals surface area contributed by atoms with Crippen molar-refractivity contribution in [2.75, 3.05) is 19.5 Å². The van der Waals surface area contributed by atoms with Crippen LogP contribution in [0.15, 0.2) is 40.9 Å². The summed E-state index contributed by atoms with van der Waals surface area (Å²) < 4.78 is 11.2. The van der Waals surface area contributed by atoms with Gasteiger partial charge in [0.25, 0.3) is 11.8 Å². The molecule has 0 unspecified atom stereocenters. The van der Waals surface area contributed by atoms with E-state index in [4.69, 9.17) is 9.47 Å². The van der Waals surface area contributed by atoms with Gasteiger partial charge in [-0.2, -0.15) is 0 Å². The molecule has 0 spiro atoms. The third-order valence-electron chi connectivity index (χ3n) is 4.82. The zero-order valence-corrected chi connectivity index (χ0v) is 17.5. The van der Waals surface area contributed by atoms with Crippen molar-refractivity contribution in [1.82, 2.24) is 5.32 Å². The molecule has 1 aliphatic carbocycles. The first-order chi connectivity index (χ1) is 13.5. The number of hydrogen-bond donors (Lipinski definition) is 2. The van der Waals surface area contributed by atoms with Crippen molar-refractivity contribution in [1.29, 1.82) is 0 Å². The normalized spacial score (nSPS) is 13.8. The summed E-state index contributed by atoms with van der Waals surface area (Å²) in [6, 6.07) is 10.4. The van der Waals surface area contributed by atoms with E-state index >= 15 is 0 Å². The van der Waals surface area contributed by atoms with Gasteiger partial charge in [0.1, 0.15) is 16.0 Å². The topological polar surface area (TPSA) is 76.7 Å². The zero-order valence-electron chi connectivity index (χ0n) is 15.9. The molecule has 3 rings (SSSR count). The van der Waals surface area contributed by atoms with Crippen LogP contribution in [-0.4, -0.2) is 32.1 Å². The van der Waals surface area contributed by atoms with Crippen molar-refractivity contribution in [3.8, 4) is 11.5 Å². The number of amides is 2. The van der Waals surface area contributed by atoms with Crippen LogP contribution in [0, 0.1) is 0 Å². The maximum atomic E-state index is 12.8. The van der Waals surface area contributed by atoms with E-state index in [2.05, 4.69) is 26.6 Å². The summed E-state index contributed by atoms with van der Waals surface area (Å²) >= 11 is 3.39. The highest BCUT2D eigenvalue weighted by atomic mass is 79.9. The van der Waals surface area contributed by atoms with Gasteiger partial charge >= 0.3 is 0 Å². The third-order valence-corrected chi connectivity index (χ3v) is 5.60. The molecule has 0 radical (unpaired) electrons. The highest BCUT2D eigenvalue weighted by Gasteiger charge is 2.21. The predicted molar refractivity (Wildman–Crippen MR) is 111 cm³/mol. The summed E-state index contributed by atoms with van der Waals surface area (Å²) in [6.45, 7) is 0. The third kappa shape index (κ3) is 4.47. The van der Waals surface area contributed by atoms with Crippen LogP contribution in [0.3, 0.4) is 0 Å². The summed E-state index contributed by atoms with van der Waals surface area (Å²) in [5, 5.41) is 5.88. The van der Waals surface area contributed by atoms with Gasteiger partial charge in [-0.25, -0.2) is 0 Å². The molecule has 2 aromatic carbocycles. The molecule has 0 bridgehead atoms. The number of nitrogens with one attached hydrogen (secondary N) is 2. The van der Waals surface area contributed by atoms with Gasteiger partial charge in [0, 0.05) is 11.6 Å². The number of carbonyl (C=O) groups excluding carboxylic acids is 2. The van der Waals surface area contributed by atoms with E-state index in [1.165, 1.54) is 14.2 Å². The molecule has 1 saturated carbocycles. The molecule has 2 N–H and O–H groups in total. The number of anilines is 1. The maximum absolute atomic E-state index is 12.8. The van der Waals surface area contributed by atoms with Crippen LogP contribution in [-0.2, 0) is 0 Å². The standard InChI is InChI=1S/C21H23BrN2O4/c1-27-17-11-13(12-18(28-2)19(17)22)20(25)24-16-10-6-5-9-15(16)21(26)23-14-7-3-4-8-14/h5-6,9-12,14H,3-4,7-8H2,1-2H3,(H,23,26)(H,24,25). The van der Waals surface area contributed by atoms with Gasteiger partial charge in [0.2, 0.25) is 0 Å². The van der Waals surface area contributed by atoms with Gasteiger partial charge in [-0.05, 0) is 53.0 Å². The van der Waals surface area contributed by atoms with Crippen molar-refractivity contribution in [3.63, 3.8) is 0 Å². The molecule has 7 heteroatoms. The summed E-state index contributed by atoms with van der Waals surface area (Å²) in [6.07, 6.45) is 4.27. The molecular formula is C21H23BrN2O4. The maximum Gasteiger partial charge on any atom is 0.255 e. The van der Waals surface area contributed by atoms with Gasteiger partial charge in [0.15, 0.2) is 0 Å². The second-order valence-corrected chi connectivity index (χ2v) is 7.44. The van der Waals surface area contributed by atoms with Gasteiger partial charge < -0.3 is 20.1 Å². The lowest BCUT2D eigenvalue weighted by Crippen LogP contribution is -2.33. The number of hydrogen-bond acceptors (Lipinski definition) is 4. The Morgan fingerprint density at radius 3 is 2.21 bits per heavy atom. The predicted octanol–water partition coefficient (Wildman–Crippen LogP) is 4.39. The lowest BCUT2D eigenvalue weighted by Gasteiger charge is -2.16. The smallest absolute Gasteiger partial charge is 0.255 e. The minimum Gasteiger partial charge on any atom is -0.495 e. The summed E-state index contributed by atoms with van der Waals surface area (Å²) in [7, 11) is 3.04. The molecule has 2 amide bonds. The summed E-state index contributed by atoms with van der Waals surface area (Å²) in [5.41, 5.74) is 1.27. The van der Waals surface area contributed by atoms with E-state index in [-0.39, 0.29) is 17.9 Å². The first-order valence-electron chi connectivity index (χ1n) is 9.16. The summed E-state index contributed by atoms with van der Waals surface area (Å²) in [4.78, 5) is 25.5. The van der Waals surface area contributed by atoms with E-state index in [1.807, 2.05) is 0 Å². The lowest BCUT2D eigenvalue weighted by atomic mass is 10.1. The van der Waals surface area contributed by atoms with Gasteiger partial charge in [-0.3, -0.25) is 9.59 Å². The van der Waals surface area contributed by atoms with Gasteiger partial charge in [-0.1, -0.05) is 25.0 Å². The fourth-order valence-electron chi connectivity index (χ4n) is 3.32. The minimum atomic E-state index is -0.356. The Morgan fingerprint density at radius 1 is 1.00 bits per heavy atom. The number of rotatable bonds is 6. The number of halogens is 1. The number of benzene rings is 2. The summed E-state index contributed by atoms with van der Waals surface area (Å²) in [5.74, 6) is 0.438. The average molecular weight is 447 g/mol. The fourth-order valence-corrected chi connectivity index (χ4v) is 3.87. The van der Waals surface area contributed by atoms with E-state index < -0.39 is 0 Å². The van der Waals surface area contributed by atoms with E-state index in [0.717, 1.165) is 25.7 Å². The monoisotopic (exact) mass is 446 g/mol. The SMILES string of the molecule is COc1cc(C(=O)Nc2ccccc2C(=O)NC2CCCC2)cc(OC)c1Br. The fraction of sp³-hybridized carbons (Fsp3) is 0.333. The molecule has 6 nitrogen and oxygen atoms in total. The molecule has 2 aromatic rings. The Labute approximate surface area is 172 Å². The quantitative estimate of drug-likeness (QED) is 0.689. The van der Waals surface area contributed by atoms with Crippen LogP contribution >= 0.6 is 15.9 Å². The molecule has 0 heterocycles. The molecule has 0 aromatic heterocycles. The average Bonchev–Trinajstić information content (AvgIpc) is 3.21. The Hall–Kier alpha value is -2.54. The molecule has 28 heavy (non-hydrogen) atoms.